The average Bonchev–Trinajstić information content (AvgIpc) is 3.69. The van der Waals surface area contributed by atoms with Crippen molar-refractivity contribution in [2.24, 2.45) is 0 Å². The SMILES string of the molecule is Cc1cc(C)c(-c2ccc(CN3CCC[C@@]3(C)[C@]3(C)CCCN3Cc3ccc(-c4c(C)cc(C)cc4C)[nH]3)[nH]2)c(C)c1. The van der Waals surface area contributed by atoms with E-state index in [1.54, 1.807) is 0 Å². The van der Waals surface area contributed by atoms with E-state index in [2.05, 4.69) is 124 Å². The van der Waals surface area contributed by atoms with E-state index in [1.807, 2.05) is 0 Å². The topological polar surface area (TPSA) is 38.1 Å². The Morgan fingerprint density at radius 1 is 0.571 bits per heavy atom. The molecule has 6 rings (SSSR count). The molecule has 2 aliphatic rings. The van der Waals surface area contributed by atoms with Gasteiger partial charge < -0.3 is 9.97 Å². The molecular weight excluding hydrogens is 512 g/mol. The van der Waals surface area contributed by atoms with Crippen molar-refractivity contribution in [2.45, 2.75) is 105 Å². The van der Waals surface area contributed by atoms with Gasteiger partial charge in [0.1, 0.15) is 0 Å². The standard InChI is InChI=1S/C38H50N4/c1-25-19-27(3)35(28(4)20-25)33-13-11-31(39-33)23-41-17-9-15-37(41,7)38(8)16-10-18-42(38)24-32-12-14-34(40-32)36-29(5)21-26(2)22-30(36)6/h11-14,19-22,39-40H,9-10,15-18,23-24H2,1-8H3/t37-,38-/m0/s1. The monoisotopic (exact) mass is 562 g/mol. The molecule has 2 atom stereocenters. The van der Waals surface area contributed by atoms with E-state index in [-0.39, 0.29) is 11.1 Å². The minimum Gasteiger partial charge on any atom is -0.357 e. The van der Waals surface area contributed by atoms with Crippen molar-refractivity contribution in [3.8, 4) is 22.5 Å². The van der Waals surface area contributed by atoms with Crippen LogP contribution in [-0.2, 0) is 13.1 Å². The minimum absolute atomic E-state index is 0.129. The van der Waals surface area contributed by atoms with Crippen molar-refractivity contribution in [3.05, 3.63) is 93.3 Å². The highest BCUT2D eigenvalue weighted by molar-refractivity contribution is 5.69. The molecule has 2 fully saturated rings. The van der Waals surface area contributed by atoms with Crippen molar-refractivity contribution in [1.29, 1.82) is 0 Å². The van der Waals surface area contributed by atoms with Crippen LogP contribution < -0.4 is 0 Å². The molecule has 42 heavy (non-hydrogen) atoms. The maximum Gasteiger partial charge on any atom is 0.0461 e. The molecule has 4 aromatic rings. The van der Waals surface area contributed by atoms with Gasteiger partial charge in [-0.3, -0.25) is 9.80 Å². The summed E-state index contributed by atoms with van der Waals surface area (Å²) in [6.45, 7) is 22.7. The van der Waals surface area contributed by atoms with E-state index in [0.717, 1.165) is 26.2 Å². The fraction of sp³-hybridized carbons (Fsp3) is 0.474. The summed E-state index contributed by atoms with van der Waals surface area (Å²) in [4.78, 5) is 13.2. The van der Waals surface area contributed by atoms with Gasteiger partial charge >= 0.3 is 0 Å². The number of aromatic amines is 2. The molecule has 4 nitrogen and oxygen atoms in total. The predicted molar refractivity (Wildman–Crippen MR) is 177 cm³/mol. The predicted octanol–water partition coefficient (Wildman–Crippen LogP) is 8.94. The molecule has 4 heterocycles. The van der Waals surface area contributed by atoms with Crippen molar-refractivity contribution >= 4 is 0 Å². The number of benzene rings is 2. The van der Waals surface area contributed by atoms with Gasteiger partial charge in [0.05, 0.1) is 0 Å². The molecule has 0 saturated carbocycles. The van der Waals surface area contributed by atoms with Crippen LogP contribution in [0.15, 0.2) is 48.5 Å². The van der Waals surface area contributed by atoms with E-state index >= 15 is 0 Å². The van der Waals surface area contributed by atoms with Gasteiger partial charge in [-0.05, 0) is 141 Å². The Morgan fingerprint density at radius 2 is 0.929 bits per heavy atom. The largest absolute Gasteiger partial charge is 0.357 e. The number of nitrogens with zero attached hydrogens (tertiary/aromatic N) is 2. The Morgan fingerprint density at radius 3 is 1.29 bits per heavy atom. The zero-order chi connectivity index (χ0) is 29.8. The van der Waals surface area contributed by atoms with Crippen LogP contribution in [0.3, 0.4) is 0 Å². The van der Waals surface area contributed by atoms with E-state index in [0.29, 0.717) is 0 Å². The molecule has 0 bridgehead atoms. The molecule has 2 N–H and O–H groups in total. The van der Waals surface area contributed by atoms with Gasteiger partial charge in [0.25, 0.3) is 0 Å². The first kappa shape index (κ1) is 29.0. The van der Waals surface area contributed by atoms with Crippen LogP contribution in [0.1, 0.15) is 84.3 Å². The van der Waals surface area contributed by atoms with Crippen LogP contribution >= 0.6 is 0 Å². The molecule has 0 aliphatic carbocycles. The molecule has 0 unspecified atom stereocenters. The van der Waals surface area contributed by atoms with Gasteiger partial charge in [0.15, 0.2) is 0 Å². The third kappa shape index (κ3) is 4.97. The summed E-state index contributed by atoms with van der Waals surface area (Å²) in [5.74, 6) is 0. The quantitative estimate of drug-likeness (QED) is 0.236. The van der Waals surface area contributed by atoms with Crippen molar-refractivity contribution in [2.75, 3.05) is 13.1 Å². The highest BCUT2D eigenvalue weighted by Gasteiger charge is 2.55. The molecule has 2 saturated heterocycles. The lowest BCUT2D eigenvalue weighted by atomic mass is 9.75. The summed E-state index contributed by atoms with van der Waals surface area (Å²) in [5, 5.41) is 0. The summed E-state index contributed by atoms with van der Waals surface area (Å²) in [5.41, 5.74) is 16.2. The number of hydrogen-bond acceptors (Lipinski definition) is 2. The number of aryl methyl sites for hydroxylation is 6. The molecule has 2 aromatic carbocycles. The number of likely N-dealkylation sites (tertiary alicyclic amines) is 2. The van der Waals surface area contributed by atoms with Crippen LogP contribution in [-0.4, -0.2) is 43.9 Å². The van der Waals surface area contributed by atoms with Gasteiger partial charge in [-0.1, -0.05) is 35.4 Å². The summed E-state index contributed by atoms with van der Waals surface area (Å²) < 4.78 is 0. The molecule has 2 aromatic heterocycles. The number of hydrogen-bond donors (Lipinski definition) is 2. The molecule has 2 aliphatic heterocycles. The van der Waals surface area contributed by atoms with Crippen molar-refractivity contribution in [1.82, 2.24) is 19.8 Å². The zero-order valence-electron chi connectivity index (χ0n) is 27.2. The second kappa shape index (κ2) is 10.9. The summed E-state index contributed by atoms with van der Waals surface area (Å²) in [6.07, 6.45) is 5.04. The Kier molecular flexibility index (Phi) is 7.52. The van der Waals surface area contributed by atoms with E-state index in [1.165, 1.54) is 93.0 Å². The molecule has 0 spiro atoms. The van der Waals surface area contributed by atoms with Gasteiger partial charge in [0, 0.05) is 58.1 Å². The molecular formula is C38H50N4. The number of H-pyrrole nitrogens is 2. The van der Waals surface area contributed by atoms with Crippen LogP contribution in [0.4, 0.5) is 0 Å². The highest BCUT2D eigenvalue weighted by Crippen LogP contribution is 2.48. The third-order valence-corrected chi connectivity index (χ3v) is 10.8. The van der Waals surface area contributed by atoms with Crippen LogP contribution in [0, 0.1) is 41.5 Å². The molecule has 4 heteroatoms. The number of nitrogens with one attached hydrogen (secondary N) is 2. The highest BCUT2D eigenvalue weighted by atomic mass is 15.3. The lowest BCUT2D eigenvalue weighted by Crippen LogP contribution is -2.63. The maximum absolute atomic E-state index is 3.82. The first-order chi connectivity index (χ1) is 20.0. The molecule has 0 amide bonds. The second-order valence-corrected chi connectivity index (χ2v) is 13.9. The van der Waals surface area contributed by atoms with Crippen molar-refractivity contribution in [3.63, 3.8) is 0 Å². The fourth-order valence-electron chi connectivity index (χ4n) is 8.74. The van der Waals surface area contributed by atoms with Crippen LogP contribution in [0.5, 0.6) is 0 Å². The second-order valence-electron chi connectivity index (χ2n) is 13.9. The minimum atomic E-state index is 0.129. The van der Waals surface area contributed by atoms with Gasteiger partial charge in [0.2, 0.25) is 0 Å². The maximum atomic E-state index is 3.82. The van der Waals surface area contributed by atoms with Gasteiger partial charge in [-0.15, -0.1) is 0 Å². The zero-order valence-corrected chi connectivity index (χ0v) is 27.2. The average molecular weight is 563 g/mol. The normalized spacial score (nSPS) is 23.3. The molecule has 0 radical (unpaired) electrons. The lowest BCUT2D eigenvalue weighted by Gasteiger charge is -2.52. The Bertz CT molecular complexity index is 1440. The van der Waals surface area contributed by atoms with Crippen LogP contribution in [0.2, 0.25) is 0 Å². The summed E-state index contributed by atoms with van der Waals surface area (Å²) >= 11 is 0. The Balaban J connectivity index is 1.22. The first-order valence-electron chi connectivity index (χ1n) is 16.0. The Hall–Kier alpha value is -3.08. The number of rotatable bonds is 7. The lowest BCUT2D eigenvalue weighted by molar-refractivity contribution is -0.0210. The van der Waals surface area contributed by atoms with E-state index in [4.69, 9.17) is 0 Å². The first-order valence-corrected chi connectivity index (χ1v) is 16.0. The molecule has 222 valence electrons. The summed E-state index contributed by atoms with van der Waals surface area (Å²) in [7, 11) is 0. The van der Waals surface area contributed by atoms with E-state index in [9.17, 15) is 0 Å². The fourth-order valence-corrected chi connectivity index (χ4v) is 8.74. The number of aromatic nitrogens is 2. The van der Waals surface area contributed by atoms with Gasteiger partial charge in [-0.25, -0.2) is 0 Å². The van der Waals surface area contributed by atoms with Gasteiger partial charge in [-0.2, -0.15) is 0 Å². The van der Waals surface area contributed by atoms with Crippen LogP contribution in [0.25, 0.3) is 22.5 Å². The van der Waals surface area contributed by atoms with Crippen molar-refractivity contribution < 1.29 is 0 Å². The smallest absolute Gasteiger partial charge is 0.0461 e. The third-order valence-electron chi connectivity index (χ3n) is 10.8. The van der Waals surface area contributed by atoms with E-state index < -0.39 is 0 Å². The summed E-state index contributed by atoms with van der Waals surface area (Å²) in [6, 6.07) is 18.4. The Labute approximate surface area is 253 Å².